The van der Waals surface area contributed by atoms with E-state index in [1.54, 1.807) is 18.0 Å². The van der Waals surface area contributed by atoms with Gasteiger partial charge in [-0.2, -0.15) is 4.98 Å². The molecular formula is C19H17N3O2S. The summed E-state index contributed by atoms with van der Waals surface area (Å²) in [4.78, 5) is 13.7. The molecule has 25 heavy (non-hydrogen) atoms. The molecule has 0 atom stereocenters. The van der Waals surface area contributed by atoms with Gasteiger partial charge >= 0.3 is 0 Å². The van der Waals surface area contributed by atoms with Gasteiger partial charge in [-0.05, 0) is 13.2 Å². The molecule has 0 bridgehead atoms. The van der Waals surface area contributed by atoms with Gasteiger partial charge in [-0.25, -0.2) is 4.98 Å². The van der Waals surface area contributed by atoms with Gasteiger partial charge in [0.25, 0.3) is 0 Å². The Morgan fingerprint density at radius 1 is 1.16 bits per heavy atom. The van der Waals surface area contributed by atoms with Crippen molar-refractivity contribution in [3.63, 3.8) is 0 Å². The smallest absolute Gasteiger partial charge is 0.227 e. The second-order valence-corrected chi connectivity index (χ2v) is 6.61. The monoisotopic (exact) mass is 351 g/mol. The number of pyridine rings is 1. The summed E-state index contributed by atoms with van der Waals surface area (Å²) in [5.41, 5.74) is 4.46. The Kier molecular flexibility index (Phi) is 4.15. The van der Waals surface area contributed by atoms with Crippen molar-refractivity contribution in [3.8, 4) is 23.0 Å². The van der Waals surface area contributed by atoms with E-state index >= 15 is 0 Å². The van der Waals surface area contributed by atoms with Crippen molar-refractivity contribution in [3.05, 3.63) is 58.9 Å². The van der Waals surface area contributed by atoms with Crippen LogP contribution in [0.4, 0.5) is 0 Å². The number of aliphatic hydroxyl groups is 1. The SMILES string of the molecule is CSc1nc(-c2ccccc2)nc2c1Cc1c(CO)cnc(C)c1O2. The maximum absolute atomic E-state index is 9.62. The van der Waals surface area contributed by atoms with E-state index in [1.807, 2.05) is 43.5 Å². The Bertz CT molecular complexity index is 945. The lowest BCUT2D eigenvalue weighted by Gasteiger charge is -2.24. The number of ether oxygens (including phenoxy) is 1. The Balaban J connectivity index is 1.87. The van der Waals surface area contributed by atoms with Gasteiger partial charge in [0.05, 0.1) is 17.9 Å². The number of hydrogen-bond acceptors (Lipinski definition) is 6. The number of nitrogens with zero attached hydrogens (tertiary/aromatic N) is 3. The van der Waals surface area contributed by atoms with Gasteiger partial charge in [-0.15, -0.1) is 11.8 Å². The molecule has 1 N–H and O–H groups in total. The van der Waals surface area contributed by atoms with Crippen molar-refractivity contribution in [1.29, 1.82) is 0 Å². The molecule has 4 rings (SSSR count). The summed E-state index contributed by atoms with van der Waals surface area (Å²) < 4.78 is 6.12. The van der Waals surface area contributed by atoms with Crippen molar-refractivity contribution < 1.29 is 9.84 Å². The Labute approximate surface area is 150 Å². The molecule has 1 aliphatic rings. The summed E-state index contributed by atoms with van der Waals surface area (Å²) in [6, 6.07) is 9.87. The van der Waals surface area contributed by atoms with Crippen LogP contribution in [0.3, 0.4) is 0 Å². The first-order valence-electron chi connectivity index (χ1n) is 7.97. The van der Waals surface area contributed by atoms with Crippen LogP contribution in [0.2, 0.25) is 0 Å². The summed E-state index contributed by atoms with van der Waals surface area (Å²) in [6.45, 7) is 1.84. The van der Waals surface area contributed by atoms with E-state index in [4.69, 9.17) is 9.72 Å². The van der Waals surface area contributed by atoms with Gasteiger partial charge in [0.2, 0.25) is 5.88 Å². The molecule has 0 radical (unpaired) electrons. The number of aryl methyl sites for hydroxylation is 1. The van der Waals surface area contributed by atoms with Crippen LogP contribution in [0.1, 0.15) is 22.4 Å². The molecule has 0 unspecified atom stereocenters. The third-order valence-electron chi connectivity index (χ3n) is 4.28. The van der Waals surface area contributed by atoms with Crippen LogP contribution >= 0.6 is 11.8 Å². The van der Waals surface area contributed by atoms with Crippen LogP contribution in [-0.4, -0.2) is 26.3 Å². The first-order valence-corrected chi connectivity index (χ1v) is 9.20. The highest BCUT2D eigenvalue weighted by Crippen LogP contribution is 2.42. The van der Waals surface area contributed by atoms with E-state index in [9.17, 15) is 5.11 Å². The third-order valence-corrected chi connectivity index (χ3v) is 5.01. The Morgan fingerprint density at radius 3 is 2.68 bits per heavy atom. The minimum atomic E-state index is -0.0636. The molecule has 126 valence electrons. The molecule has 3 heterocycles. The van der Waals surface area contributed by atoms with Crippen LogP contribution in [0.15, 0.2) is 41.6 Å². The van der Waals surface area contributed by atoms with E-state index in [2.05, 4.69) is 9.97 Å². The topological polar surface area (TPSA) is 68.1 Å². The molecule has 1 aromatic carbocycles. The molecule has 0 saturated heterocycles. The summed E-state index contributed by atoms with van der Waals surface area (Å²) in [6.07, 6.45) is 4.34. The number of rotatable bonds is 3. The highest BCUT2D eigenvalue weighted by Gasteiger charge is 2.27. The van der Waals surface area contributed by atoms with E-state index in [0.29, 0.717) is 23.9 Å². The predicted molar refractivity (Wildman–Crippen MR) is 97.0 cm³/mol. The minimum Gasteiger partial charge on any atom is -0.436 e. The predicted octanol–water partition coefficient (Wildman–Crippen LogP) is 3.76. The van der Waals surface area contributed by atoms with Gasteiger partial charge in [-0.1, -0.05) is 30.3 Å². The van der Waals surface area contributed by atoms with Crippen LogP contribution in [0.25, 0.3) is 11.4 Å². The number of aromatic nitrogens is 3. The molecule has 1 aliphatic heterocycles. The van der Waals surface area contributed by atoms with Crippen molar-refractivity contribution in [1.82, 2.24) is 15.0 Å². The van der Waals surface area contributed by atoms with Gasteiger partial charge in [0.15, 0.2) is 11.6 Å². The number of aliphatic hydroxyl groups excluding tert-OH is 1. The zero-order valence-electron chi connectivity index (χ0n) is 14.0. The molecule has 3 aromatic rings. The minimum absolute atomic E-state index is 0.0636. The normalized spacial score (nSPS) is 12.3. The fourth-order valence-electron chi connectivity index (χ4n) is 2.98. The average molecular weight is 351 g/mol. The standard InChI is InChI=1S/C19H17N3O2S/c1-11-16-14(13(10-23)9-20-11)8-15-18(24-16)21-17(22-19(15)25-2)12-6-4-3-5-7-12/h3-7,9,23H,8,10H2,1-2H3. The van der Waals surface area contributed by atoms with Gasteiger partial charge in [0, 0.05) is 29.3 Å². The zero-order valence-corrected chi connectivity index (χ0v) is 14.8. The number of thioether (sulfide) groups is 1. The Morgan fingerprint density at radius 2 is 1.96 bits per heavy atom. The summed E-state index contributed by atoms with van der Waals surface area (Å²) in [7, 11) is 0. The summed E-state index contributed by atoms with van der Waals surface area (Å²) in [5, 5.41) is 10.5. The van der Waals surface area contributed by atoms with E-state index in [0.717, 1.165) is 33.0 Å². The lowest BCUT2D eigenvalue weighted by atomic mass is 9.99. The summed E-state index contributed by atoms with van der Waals surface area (Å²) in [5.74, 6) is 1.92. The molecule has 6 heteroatoms. The summed E-state index contributed by atoms with van der Waals surface area (Å²) >= 11 is 1.58. The van der Waals surface area contributed by atoms with E-state index < -0.39 is 0 Å². The van der Waals surface area contributed by atoms with Crippen LogP contribution in [-0.2, 0) is 13.0 Å². The highest BCUT2D eigenvalue weighted by molar-refractivity contribution is 7.98. The van der Waals surface area contributed by atoms with Crippen LogP contribution < -0.4 is 4.74 Å². The fourth-order valence-corrected chi connectivity index (χ4v) is 3.56. The van der Waals surface area contributed by atoms with E-state index in [-0.39, 0.29) is 6.61 Å². The molecule has 2 aromatic heterocycles. The maximum Gasteiger partial charge on any atom is 0.227 e. The quantitative estimate of drug-likeness (QED) is 0.448. The second-order valence-electron chi connectivity index (χ2n) is 5.82. The van der Waals surface area contributed by atoms with E-state index in [1.165, 1.54) is 0 Å². The molecule has 0 amide bonds. The van der Waals surface area contributed by atoms with Crippen LogP contribution in [0.5, 0.6) is 11.6 Å². The molecular weight excluding hydrogens is 334 g/mol. The molecule has 0 fully saturated rings. The van der Waals surface area contributed by atoms with Crippen molar-refractivity contribution in [2.24, 2.45) is 0 Å². The van der Waals surface area contributed by atoms with Gasteiger partial charge in [-0.3, -0.25) is 4.98 Å². The lowest BCUT2D eigenvalue weighted by Crippen LogP contribution is -2.12. The first-order chi connectivity index (χ1) is 12.2. The molecule has 5 nitrogen and oxygen atoms in total. The highest BCUT2D eigenvalue weighted by atomic mass is 32.2. The maximum atomic E-state index is 9.62. The van der Waals surface area contributed by atoms with Crippen LogP contribution in [0, 0.1) is 6.92 Å². The molecule has 0 spiro atoms. The fraction of sp³-hybridized carbons (Fsp3) is 0.211. The van der Waals surface area contributed by atoms with Gasteiger partial charge in [0.1, 0.15) is 5.03 Å². The Hall–Kier alpha value is -2.44. The van der Waals surface area contributed by atoms with Gasteiger partial charge < -0.3 is 9.84 Å². The largest absolute Gasteiger partial charge is 0.436 e. The van der Waals surface area contributed by atoms with Crippen molar-refractivity contribution >= 4 is 11.8 Å². The first kappa shape index (κ1) is 16.1. The molecule has 0 saturated carbocycles. The average Bonchev–Trinajstić information content (AvgIpc) is 2.67. The van der Waals surface area contributed by atoms with Crippen molar-refractivity contribution in [2.45, 2.75) is 25.0 Å². The number of fused-ring (bicyclic) bond motifs is 2. The second kappa shape index (κ2) is 6.46. The number of hydrogen-bond donors (Lipinski definition) is 1. The third kappa shape index (κ3) is 2.77. The number of benzene rings is 1. The zero-order chi connectivity index (χ0) is 17.4. The lowest BCUT2D eigenvalue weighted by molar-refractivity contribution is 0.278. The molecule has 0 aliphatic carbocycles. The van der Waals surface area contributed by atoms with Crippen molar-refractivity contribution in [2.75, 3.05) is 6.26 Å².